The molecule has 2 fully saturated rings. The summed E-state index contributed by atoms with van der Waals surface area (Å²) in [5.74, 6) is -1.19. The smallest absolute Gasteiger partial charge is 0.325 e. The Bertz CT molecular complexity index is 1120. The van der Waals surface area contributed by atoms with E-state index in [1.54, 1.807) is 12.1 Å². The van der Waals surface area contributed by atoms with Crippen molar-refractivity contribution in [3.8, 4) is 0 Å². The van der Waals surface area contributed by atoms with Crippen LogP contribution in [0, 0.1) is 10.1 Å². The molecule has 1 unspecified atom stereocenters. The van der Waals surface area contributed by atoms with E-state index < -0.39 is 34.9 Å². The molecule has 0 saturated carbocycles. The van der Waals surface area contributed by atoms with E-state index in [4.69, 9.17) is 4.74 Å². The maximum atomic E-state index is 13.0. The van der Waals surface area contributed by atoms with Gasteiger partial charge in [0.25, 0.3) is 11.6 Å². The zero-order chi connectivity index (χ0) is 24.3. The van der Waals surface area contributed by atoms with Gasteiger partial charge in [-0.05, 0) is 30.2 Å². The highest BCUT2D eigenvalue weighted by atomic mass is 16.6. The summed E-state index contributed by atoms with van der Waals surface area (Å²) in [4.78, 5) is 51.7. The normalized spacial score (nSPS) is 20.8. The fraction of sp³-hybridized carbons (Fsp3) is 0.348. The van der Waals surface area contributed by atoms with Crippen LogP contribution in [0.1, 0.15) is 18.1 Å². The molecule has 2 N–H and O–H groups in total. The quantitative estimate of drug-likeness (QED) is 0.360. The molecule has 2 heterocycles. The second kappa shape index (κ2) is 9.57. The number of hydrogen-bond donors (Lipinski definition) is 2. The number of benzene rings is 2. The van der Waals surface area contributed by atoms with E-state index in [2.05, 4.69) is 15.5 Å². The van der Waals surface area contributed by atoms with Crippen LogP contribution in [0.3, 0.4) is 0 Å². The zero-order valence-corrected chi connectivity index (χ0v) is 18.7. The van der Waals surface area contributed by atoms with Crippen LogP contribution in [0.4, 0.5) is 16.2 Å². The number of amides is 4. The molecule has 34 heavy (non-hydrogen) atoms. The maximum absolute atomic E-state index is 13.0. The van der Waals surface area contributed by atoms with Gasteiger partial charge in [0.05, 0.1) is 18.1 Å². The second-order valence-electron chi connectivity index (χ2n) is 8.39. The number of nitrogens with zero attached hydrogens (tertiary/aromatic N) is 3. The second-order valence-corrected chi connectivity index (χ2v) is 8.39. The van der Waals surface area contributed by atoms with Crippen LogP contribution in [0.5, 0.6) is 0 Å². The fourth-order valence-corrected chi connectivity index (χ4v) is 4.02. The van der Waals surface area contributed by atoms with Gasteiger partial charge in [-0.15, -0.1) is 0 Å². The molecule has 2 saturated heterocycles. The monoisotopic (exact) mass is 467 g/mol. The summed E-state index contributed by atoms with van der Waals surface area (Å²) in [6.45, 7) is 4.95. The number of anilines is 1. The molecular formula is C23H25N5O6. The van der Waals surface area contributed by atoms with Crippen LogP contribution in [-0.4, -0.2) is 65.4 Å². The van der Waals surface area contributed by atoms with Gasteiger partial charge < -0.3 is 15.4 Å². The lowest BCUT2D eigenvalue weighted by Gasteiger charge is -2.26. The standard InChI is InChI=1S/C23H25N5O6/c1-23(17-3-2-4-19(13-17)28(32)33)21(30)27(22(31)25-23)15-20(29)24-18-7-5-16(6-8-18)14-26-9-11-34-12-10-26/h2-8,13H,9-12,14-15H2,1H3,(H,24,29)(H,25,31). The molecule has 0 spiro atoms. The van der Waals surface area contributed by atoms with E-state index in [1.165, 1.54) is 31.2 Å². The minimum atomic E-state index is -1.51. The Morgan fingerprint density at radius 3 is 2.56 bits per heavy atom. The van der Waals surface area contributed by atoms with Crippen molar-refractivity contribution >= 4 is 29.2 Å². The fourth-order valence-electron chi connectivity index (χ4n) is 4.02. The molecule has 0 aromatic heterocycles. The highest BCUT2D eigenvalue weighted by Gasteiger charge is 2.49. The van der Waals surface area contributed by atoms with Crippen LogP contribution < -0.4 is 10.6 Å². The van der Waals surface area contributed by atoms with Gasteiger partial charge >= 0.3 is 6.03 Å². The average Bonchev–Trinajstić information content (AvgIpc) is 3.05. The Hall–Kier alpha value is -3.83. The number of nitrogens with one attached hydrogen (secondary N) is 2. The molecule has 4 amide bonds. The summed E-state index contributed by atoms with van der Waals surface area (Å²) >= 11 is 0. The van der Waals surface area contributed by atoms with Crippen molar-refractivity contribution in [3.05, 3.63) is 69.8 Å². The topological polar surface area (TPSA) is 134 Å². The lowest BCUT2D eigenvalue weighted by molar-refractivity contribution is -0.385. The number of imide groups is 1. The van der Waals surface area contributed by atoms with Crippen LogP contribution in [-0.2, 0) is 26.4 Å². The minimum absolute atomic E-state index is 0.200. The van der Waals surface area contributed by atoms with Crippen molar-refractivity contribution in [2.24, 2.45) is 0 Å². The Balaban J connectivity index is 1.38. The summed E-state index contributed by atoms with van der Waals surface area (Å²) in [5, 5.41) is 16.3. The first-order valence-corrected chi connectivity index (χ1v) is 10.8. The number of urea groups is 1. The summed E-state index contributed by atoms with van der Waals surface area (Å²) in [6.07, 6.45) is 0. The first-order chi connectivity index (χ1) is 16.3. The van der Waals surface area contributed by atoms with E-state index in [9.17, 15) is 24.5 Å². The molecule has 0 bridgehead atoms. The van der Waals surface area contributed by atoms with Crippen molar-refractivity contribution < 1.29 is 24.0 Å². The van der Waals surface area contributed by atoms with E-state index in [1.807, 2.05) is 12.1 Å². The number of carbonyl (C=O) groups is 3. The lowest BCUT2D eigenvalue weighted by Crippen LogP contribution is -2.42. The van der Waals surface area contributed by atoms with Crippen LogP contribution in [0.2, 0.25) is 0 Å². The minimum Gasteiger partial charge on any atom is -0.379 e. The third kappa shape index (κ3) is 4.90. The first kappa shape index (κ1) is 23.3. The summed E-state index contributed by atoms with van der Waals surface area (Å²) in [5.41, 5.74) is 0.198. The van der Waals surface area contributed by atoms with Crippen LogP contribution >= 0.6 is 0 Å². The van der Waals surface area contributed by atoms with Crippen molar-refractivity contribution in [1.82, 2.24) is 15.1 Å². The average molecular weight is 467 g/mol. The predicted molar refractivity (Wildman–Crippen MR) is 122 cm³/mol. The molecule has 11 heteroatoms. The van der Waals surface area contributed by atoms with E-state index in [-0.39, 0.29) is 11.3 Å². The number of nitro groups is 1. The predicted octanol–water partition coefficient (Wildman–Crippen LogP) is 1.83. The Morgan fingerprint density at radius 1 is 1.18 bits per heavy atom. The third-order valence-electron chi connectivity index (χ3n) is 5.96. The Labute approximate surface area is 195 Å². The highest BCUT2D eigenvalue weighted by Crippen LogP contribution is 2.30. The number of hydrogen-bond acceptors (Lipinski definition) is 7. The van der Waals surface area contributed by atoms with Gasteiger partial charge in [0.2, 0.25) is 5.91 Å². The molecule has 2 aliphatic rings. The number of morpholine rings is 1. The van der Waals surface area contributed by atoms with Crippen LogP contribution in [0.15, 0.2) is 48.5 Å². The van der Waals surface area contributed by atoms with E-state index in [0.29, 0.717) is 5.69 Å². The van der Waals surface area contributed by atoms with Gasteiger partial charge in [-0.3, -0.25) is 29.5 Å². The Morgan fingerprint density at radius 2 is 1.88 bits per heavy atom. The molecule has 0 radical (unpaired) electrons. The molecule has 2 aromatic carbocycles. The van der Waals surface area contributed by atoms with Gasteiger partial charge in [0.1, 0.15) is 12.1 Å². The van der Waals surface area contributed by atoms with E-state index in [0.717, 1.165) is 43.3 Å². The van der Waals surface area contributed by atoms with Gasteiger partial charge in [0.15, 0.2) is 0 Å². The first-order valence-electron chi connectivity index (χ1n) is 10.8. The summed E-state index contributed by atoms with van der Waals surface area (Å²) in [6, 6.07) is 12.1. The molecule has 1 atom stereocenters. The molecule has 178 valence electrons. The van der Waals surface area contributed by atoms with E-state index >= 15 is 0 Å². The van der Waals surface area contributed by atoms with Crippen molar-refractivity contribution in [1.29, 1.82) is 0 Å². The molecule has 2 aliphatic heterocycles. The van der Waals surface area contributed by atoms with Crippen LogP contribution in [0.25, 0.3) is 0 Å². The van der Waals surface area contributed by atoms with Crippen molar-refractivity contribution in [2.45, 2.75) is 19.0 Å². The number of ether oxygens (including phenoxy) is 1. The molecule has 0 aliphatic carbocycles. The third-order valence-corrected chi connectivity index (χ3v) is 5.96. The van der Waals surface area contributed by atoms with Gasteiger partial charge in [0, 0.05) is 37.5 Å². The molecular weight excluding hydrogens is 442 g/mol. The molecule has 11 nitrogen and oxygen atoms in total. The highest BCUT2D eigenvalue weighted by molar-refractivity contribution is 6.10. The number of nitro benzene ring substituents is 1. The van der Waals surface area contributed by atoms with Gasteiger partial charge in [-0.2, -0.15) is 0 Å². The largest absolute Gasteiger partial charge is 0.379 e. The summed E-state index contributed by atoms with van der Waals surface area (Å²) in [7, 11) is 0. The van der Waals surface area contributed by atoms with Gasteiger partial charge in [-0.1, -0.05) is 24.3 Å². The van der Waals surface area contributed by atoms with Crippen molar-refractivity contribution in [3.63, 3.8) is 0 Å². The number of carbonyl (C=O) groups excluding carboxylic acids is 3. The zero-order valence-electron chi connectivity index (χ0n) is 18.7. The maximum Gasteiger partial charge on any atom is 0.325 e. The van der Waals surface area contributed by atoms with Crippen molar-refractivity contribution in [2.75, 3.05) is 38.2 Å². The summed E-state index contributed by atoms with van der Waals surface area (Å²) < 4.78 is 5.35. The SMILES string of the molecule is CC1(c2cccc([N+](=O)[O-])c2)NC(=O)N(CC(=O)Nc2ccc(CN3CCOCC3)cc2)C1=O. The number of non-ortho nitro benzene ring substituents is 1. The molecule has 4 rings (SSSR count). The lowest BCUT2D eigenvalue weighted by atomic mass is 9.91. The number of rotatable bonds is 7. The molecule has 2 aromatic rings. The Kier molecular flexibility index (Phi) is 6.57. The van der Waals surface area contributed by atoms with Gasteiger partial charge in [-0.25, -0.2) is 4.79 Å².